The summed E-state index contributed by atoms with van der Waals surface area (Å²) in [4.78, 5) is 34.5. The lowest BCUT2D eigenvalue weighted by atomic mass is 9.97. The summed E-state index contributed by atoms with van der Waals surface area (Å²) in [5, 5.41) is 15.8. The van der Waals surface area contributed by atoms with Crippen LogP contribution in [0.1, 0.15) is 46.7 Å². The molecule has 2 aliphatic rings. The largest absolute Gasteiger partial charge is 0.506 e. The molecule has 1 fully saturated rings. The number of aromatic nitrogens is 1. The van der Waals surface area contributed by atoms with Gasteiger partial charge in [-0.25, -0.2) is 4.98 Å². The van der Waals surface area contributed by atoms with Gasteiger partial charge in [-0.1, -0.05) is 37.8 Å². The molecule has 0 saturated heterocycles. The molecule has 5 rings (SSSR count). The Bertz CT molecular complexity index is 1280. The van der Waals surface area contributed by atoms with Gasteiger partial charge in [-0.05, 0) is 58.6 Å². The Morgan fingerprint density at radius 2 is 2.03 bits per heavy atom. The standard InChI is InChI=1S/C27H29BrN4O4S/c28-18-14-22-27(29-15-18)36-12-11-32(22)16-19-9-10-24(37-19)26(35)31-21(13-17-5-1-2-6-17)25(34)30-20-7-3-4-8-23(20)33/h3-4,7-10,14-15,17,21,33H,1-2,5-6,11-13,16H2,(H,30,34)(H,31,35)/t21-/m0/s1. The summed E-state index contributed by atoms with van der Waals surface area (Å²) >= 11 is 4.89. The van der Waals surface area contributed by atoms with Gasteiger partial charge in [-0.15, -0.1) is 11.3 Å². The number of ether oxygens (including phenoxy) is 1. The highest BCUT2D eigenvalue weighted by Crippen LogP contribution is 2.34. The first-order valence-corrected chi connectivity index (χ1v) is 14.1. The number of phenols is 1. The summed E-state index contributed by atoms with van der Waals surface area (Å²) in [7, 11) is 0. The molecule has 194 valence electrons. The van der Waals surface area contributed by atoms with Crippen LogP contribution in [-0.4, -0.2) is 41.1 Å². The zero-order chi connectivity index (χ0) is 25.8. The average molecular weight is 586 g/mol. The van der Waals surface area contributed by atoms with E-state index in [1.54, 1.807) is 24.4 Å². The molecule has 0 unspecified atom stereocenters. The van der Waals surface area contributed by atoms with E-state index in [4.69, 9.17) is 4.74 Å². The molecule has 1 aromatic carbocycles. The SMILES string of the molecule is O=C(N[C@@H](CC1CCCC1)C(=O)Nc1ccccc1O)c1ccc(CN2CCOc3ncc(Br)cc32)s1. The van der Waals surface area contributed by atoms with Gasteiger partial charge in [-0.2, -0.15) is 0 Å². The van der Waals surface area contributed by atoms with Crippen LogP contribution in [0.2, 0.25) is 0 Å². The summed E-state index contributed by atoms with van der Waals surface area (Å²) in [6.45, 7) is 1.90. The van der Waals surface area contributed by atoms with E-state index in [0.29, 0.717) is 41.9 Å². The molecule has 0 spiro atoms. The van der Waals surface area contributed by atoms with Crippen LogP contribution >= 0.6 is 27.3 Å². The molecule has 10 heteroatoms. The Labute approximate surface area is 228 Å². The first-order chi connectivity index (χ1) is 18.0. The molecular weight excluding hydrogens is 556 g/mol. The third kappa shape index (κ3) is 6.24. The van der Waals surface area contributed by atoms with E-state index >= 15 is 0 Å². The fraction of sp³-hybridized carbons (Fsp3) is 0.370. The second kappa shape index (κ2) is 11.5. The van der Waals surface area contributed by atoms with Crippen molar-refractivity contribution in [1.29, 1.82) is 0 Å². The van der Waals surface area contributed by atoms with Gasteiger partial charge in [0.15, 0.2) is 0 Å². The number of aromatic hydroxyl groups is 1. The van der Waals surface area contributed by atoms with E-state index in [9.17, 15) is 14.7 Å². The van der Waals surface area contributed by atoms with E-state index in [-0.39, 0.29) is 17.6 Å². The van der Waals surface area contributed by atoms with E-state index in [1.165, 1.54) is 17.4 Å². The quantitative estimate of drug-likeness (QED) is 0.309. The van der Waals surface area contributed by atoms with Gasteiger partial charge in [0, 0.05) is 15.5 Å². The van der Waals surface area contributed by atoms with E-state index in [1.807, 2.05) is 18.2 Å². The van der Waals surface area contributed by atoms with Crippen LogP contribution in [0.25, 0.3) is 0 Å². The molecule has 1 atom stereocenters. The number of hydrogen-bond acceptors (Lipinski definition) is 7. The topological polar surface area (TPSA) is 104 Å². The minimum absolute atomic E-state index is 0.00314. The third-order valence-corrected chi connectivity index (χ3v) is 8.30. The van der Waals surface area contributed by atoms with E-state index < -0.39 is 6.04 Å². The van der Waals surface area contributed by atoms with Crippen molar-refractivity contribution >= 4 is 50.5 Å². The van der Waals surface area contributed by atoms with Gasteiger partial charge in [0.05, 0.1) is 23.7 Å². The number of pyridine rings is 1. The smallest absolute Gasteiger partial charge is 0.262 e. The van der Waals surface area contributed by atoms with Crippen LogP contribution in [0.4, 0.5) is 11.4 Å². The van der Waals surface area contributed by atoms with Gasteiger partial charge in [0.2, 0.25) is 11.8 Å². The summed E-state index contributed by atoms with van der Waals surface area (Å²) < 4.78 is 6.55. The highest BCUT2D eigenvalue weighted by Gasteiger charge is 2.28. The van der Waals surface area contributed by atoms with Crippen molar-refractivity contribution in [1.82, 2.24) is 10.3 Å². The summed E-state index contributed by atoms with van der Waals surface area (Å²) in [6, 6.07) is 11.7. The predicted molar refractivity (Wildman–Crippen MR) is 147 cm³/mol. The Hall–Kier alpha value is -3.11. The van der Waals surface area contributed by atoms with Crippen molar-refractivity contribution in [3.8, 4) is 11.6 Å². The van der Waals surface area contributed by atoms with Gasteiger partial charge >= 0.3 is 0 Å². The number of phenolic OH excluding ortho intramolecular Hbond substituents is 1. The van der Waals surface area contributed by atoms with Crippen LogP contribution < -0.4 is 20.3 Å². The Morgan fingerprint density at radius 1 is 1.22 bits per heavy atom. The molecule has 2 amide bonds. The van der Waals surface area contributed by atoms with Crippen molar-refractivity contribution in [2.45, 2.75) is 44.7 Å². The second-order valence-corrected chi connectivity index (χ2v) is 11.5. The number of anilines is 2. The number of carbonyl (C=O) groups excluding carboxylic acids is 2. The zero-order valence-electron chi connectivity index (χ0n) is 20.3. The predicted octanol–water partition coefficient (Wildman–Crippen LogP) is 5.33. The van der Waals surface area contributed by atoms with Crippen molar-refractivity contribution in [2.75, 3.05) is 23.4 Å². The maximum Gasteiger partial charge on any atom is 0.262 e. The van der Waals surface area contributed by atoms with Crippen LogP contribution in [0.3, 0.4) is 0 Å². The monoisotopic (exact) mass is 584 g/mol. The number of nitrogens with zero attached hydrogens (tertiary/aromatic N) is 2. The van der Waals surface area contributed by atoms with Crippen LogP contribution in [0.5, 0.6) is 11.6 Å². The van der Waals surface area contributed by atoms with Crippen LogP contribution in [0, 0.1) is 5.92 Å². The molecule has 8 nitrogen and oxygen atoms in total. The van der Waals surface area contributed by atoms with E-state index in [0.717, 1.165) is 47.3 Å². The number of carbonyl (C=O) groups is 2. The maximum absolute atomic E-state index is 13.2. The van der Waals surface area contributed by atoms with Gasteiger partial charge in [0.1, 0.15) is 24.1 Å². The summed E-state index contributed by atoms with van der Waals surface area (Å²) in [6.07, 6.45) is 6.72. The zero-order valence-corrected chi connectivity index (χ0v) is 22.7. The fourth-order valence-corrected chi connectivity index (χ4v) is 6.15. The molecular formula is C27H29BrN4O4S. The van der Waals surface area contributed by atoms with Gasteiger partial charge < -0.3 is 25.4 Å². The van der Waals surface area contributed by atoms with Crippen LogP contribution in [-0.2, 0) is 11.3 Å². The van der Waals surface area contributed by atoms with Crippen LogP contribution in [0.15, 0.2) is 53.1 Å². The van der Waals surface area contributed by atoms with Gasteiger partial charge in [0.25, 0.3) is 5.91 Å². The fourth-order valence-electron chi connectivity index (χ4n) is 4.90. The van der Waals surface area contributed by atoms with Gasteiger partial charge in [-0.3, -0.25) is 9.59 Å². The second-order valence-electron chi connectivity index (χ2n) is 9.43. The molecule has 3 aromatic rings. The number of hydrogen-bond donors (Lipinski definition) is 3. The summed E-state index contributed by atoms with van der Waals surface area (Å²) in [5.41, 5.74) is 1.25. The number of fused-ring (bicyclic) bond motifs is 1. The number of thiophene rings is 1. The number of nitrogens with one attached hydrogen (secondary N) is 2. The molecule has 37 heavy (non-hydrogen) atoms. The molecule has 0 radical (unpaired) electrons. The molecule has 3 heterocycles. The molecule has 0 bridgehead atoms. The number of amides is 2. The molecule has 1 aliphatic carbocycles. The maximum atomic E-state index is 13.2. The first kappa shape index (κ1) is 25.5. The lowest BCUT2D eigenvalue weighted by molar-refractivity contribution is -0.118. The Kier molecular flexibility index (Phi) is 7.95. The van der Waals surface area contributed by atoms with Crippen molar-refractivity contribution in [3.63, 3.8) is 0 Å². The minimum Gasteiger partial charge on any atom is -0.506 e. The Balaban J connectivity index is 1.27. The van der Waals surface area contributed by atoms with Crippen molar-refractivity contribution in [3.05, 3.63) is 62.9 Å². The lowest BCUT2D eigenvalue weighted by Crippen LogP contribution is -2.44. The Morgan fingerprint density at radius 3 is 2.84 bits per heavy atom. The summed E-state index contributed by atoms with van der Waals surface area (Å²) in [5.74, 6) is 0.416. The van der Waals surface area contributed by atoms with Crippen molar-refractivity contribution in [2.24, 2.45) is 5.92 Å². The third-order valence-electron chi connectivity index (χ3n) is 6.80. The minimum atomic E-state index is -0.685. The first-order valence-electron chi connectivity index (χ1n) is 12.5. The van der Waals surface area contributed by atoms with E-state index in [2.05, 4.69) is 36.4 Å². The number of rotatable bonds is 8. The number of benzene rings is 1. The molecule has 1 saturated carbocycles. The number of para-hydroxylation sites is 2. The normalized spacial score (nSPS) is 16.1. The molecule has 2 aromatic heterocycles. The highest BCUT2D eigenvalue weighted by atomic mass is 79.9. The molecule has 1 aliphatic heterocycles. The highest BCUT2D eigenvalue weighted by molar-refractivity contribution is 9.10. The molecule has 3 N–H and O–H groups in total. The average Bonchev–Trinajstić information content (AvgIpc) is 3.58. The number of halogens is 1. The van der Waals surface area contributed by atoms with Crippen molar-refractivity contribution < 1.29 is 19.4 Å². The lowest BCUT2D eigenvalue weighted by Gasteiger charge is -2.30.